The molecule has 1 aliphatic rings. The second-order valence-corrected chi connectivity index (χ2v) is 8.43. The van der Waals surface area contributed by atoms with Gasteiger partial charge in [-0.25, -0.2) is 0 Å². The van der Waals surface area contributed by atoms with Crippen LogP contribution in [0.25, 0.3) is 0 Å². The number of hydrogen-bond donors (Lipinski definition) is 1. The van der Waals surface area contributed by atoms with Crippen LogP contribution in [0.15, 0.2) is 42.5 Å². The smallest absolute Gasteiger partial charge is 0.223 e. The lowest BCUT2D eigenvalue weighted by Crippen LogP contribution is -2.41. The summed E-state index contributed by atoms with van der Waals surface area (Å²) >= 11 is 5.96. The van der Waals surface area contributed by atoms with Crippen LogP contribution in [0.1, 0.15) is 54.5 Å². The molecule has 1 N–H and O–H groups in total. The first-order valence-electron chi connectivity index (χ1n) is 10.3. The minimum atomic E-state index is 0.0962. The van der Waals surface area contributed by atoms with E-state index in [-0.39, 0.29) is 17.9 Å². The number of rotatable bonds is 6. The molecule has 2 aromatic carbocycles. The first-order chi connectivity index (χ1) is 13.5. The molecular weight excluding hydrogens is 368 g/mol. The van der Waals surface area contributed by atoms with E-state index < -0.39 is 0 Å². The molecule has 28 heavy (non-hydrogen) atoms. The van der Waals surface area contributed by atoms with Crippen molar-refractivity contribution in [1.29, 1.82) is 0 Å². The number of carbonyl (C=O) groups is 1. The van der Waals surface area contributed by atoms with Gasteiger partial charge in [-0.05, 0) is 80.6 Å². The molecule has 0 radical (unpaired) electrons. The van der Waals surface area contributed by atoms with Gasteiger partial charge in [0, 0.05) is 17.5 Å². The number of likely N-dealkylation sites (tertiary alicyclic amines) is 1. The summed E-state index contributed by atoms with van der Waals surface area (Å²) in [5.74, 6) is 0.318. The normalized spacial score (nSPS) is 16.7. The van der Waals surface area contributed by atoms with E-state index in [1.165, 1.54) is 22.3 Å². The average Bonchev–Trinajstić information content (AvgIpc) is 2.70. The van der Waals surface area contributed by atoms with Gasteiger partial charge < -0.3 is 5.32 Å². The van der Waals surface area contributed by atoms with Crippen LogP contribution in [0.2, 0.25) is 5.02 Å². The lowest BCUT2D eigenvalue weighted by molar-refractivity contribution is -0.127. The van der Waals surface area contributed by atoms with Crippen molar-refractivity contribution in [3.63, 3.8) is 0 Å². The van der Waals surface area contributed by atoms with E-state index in [1.807, 2.05) is 12.1 Å². The van der Waals surface area contributed by atoms with Gasteiger partial charge in [0.1, 0.15) is 0 Å². The van der Waals surface area contributed by atoms with Gasteiger partial charge in [-0.3, -0.25) is 9.69 Å². The van der Waals surface area contributed by atoms with Crippen LogP contribution in [-0.2, 0) is 11.3 Å². The van der Waals surface area contributed by atoms with Crippen molar-refractivity contribution in [3.05, 3.63) is 69.7 Å². The molecule has 1 heterocycles. The van der Waals surface area contributed by atoms with Gasteiger partial charge in [0.2, 0.25) is 5.91 Å². The van der Waals surface area contributed by atoms with Crippen molar-refractivity contribution in [2.45, 2.75) is 52.6 Å². The fourth-order valence-electron chi connectivity index (χ4n) is 3.89. The molecular formula is C24H31ClN2O. The largest absolute Gasteiger partial charge is 0.349 e. The molecule has 1 unspecified atom stereocenters. The summed E-state index contributed by atoms with van der Waals surface area (Å²) in [6.07, 6.45) is 2.75. The van der Waals surface area contributed by atoms with Crippen LogP contribution in [0.3, 0.4) is 0 Å². The summed E-state index contributed by atoms with van der Waals surface area (Å²) in [4.78, 5) is 15.3. The van der Waals surface area contributed by atoms with Crippen molar-refractivity contribution < 1.29 is 4.79 Å². The highest BCUT2D eigenvalue weighted by atomic mass is 35.5. The van der Waals surface area contributed by atoms with Gasteiger partial charge in [-0.15, -0.1) is 0 Å². The van der Waals surface area contributed by atoms with E-state index >= 15 is 0 Å². The maximum atomic E-state index is 12.9. The van der Waals surface area contributed by atoms with Gasteiger partial charge in [0.15, 0.2) is 0 Å². The third kappa shape index (κ3) is 5.36. The fourth-order valence-corrected chi connectivity index (χ4v) is 4.02. The number of piperidine rings is 1. The molecule has 3 nitrogen and oxygen atoms in total. The first-order valence-corrected chi connectivity index (χ1v) is 10.7. The molecule has 3 rings (SSSR count). The highest BCUT2D eigenvalue weighted by molar-refractivity contribution is 6.30. The molecule has 4 heteroatoms. The summed E-state index contributed by atoms with van der Waals surface area (Å²) in [6, 6.07) is 14.6. The van der Waals surface area contributed by atoms with Crippen LogP contribution in [-0.4, -0.2) is 23.9 Å². The zero-order valence-corrected chi connectivity index (χ0v) is 17.9. The Morgan fingerprint density at radius 3 is 2.39 bits per heavy atom. The molecule has 1 amide bonds. The second kappa shape index (κ2) is 9.58. The summed E-state index contributed by atoms with van der Waals surface area (Å²) < 4.78 is 0. The number of carbonyl (C=O) groups excluding carboxylic acids is 1. The van der Waals surface area contributed by atoms with Crippen LogP contribution in [0.4, 0.5) is 0 Å². The minimum Gasteiger partial charge on any atom is -0.349 e. The first kappa shape index (κ1) is 20.9. The SMILES string of the molecule is CCC(NC(=O)C1CCN(Cc2ccc(Cl)cc2)CC1)c1ccc(C)c(C)c1. The Morgan fingerprint density at radius 1 is 1.11 bits per heavy atom. The van der Waals surface area contributed by atoms with E-state index in [9.17, 15) is 4.79 Å². The summed E-state index contributed by atoms with van der Waals surface area (Å²) in [5, 5.41) is 4.07. The molecule has 0 saturated carbocycles. The number of aryl methyl sites for hydroxylation is 2. The number of benzene rings is 2. The third-order valence-electron chi connectivity index (χ3n) is 5.94. The van der Waals surface area contributed by atoms with Crippen LogP contribution < -0.4 is 5.32 Å². The highest BCUT2D eigenvalue weighted by Crippen LogP contribution is 2.24. The molecule has 0 aliphatic carbocycles. The summed E-state index contributed by atoms with van der Waals surface area (Å²) in [7, 11) is 0. The van der Waals surface area contributed by atoms with Crippen LogP contribution >= 0.6 is 11.6 Å². The van der Waals surface area contributed by atoms with E-state index in [4.69, 9.17) is 11.6 Å². The zero-order chi connectivity index (χ0) is 20.1. The van der Waals surface area contributed by atoms with Crippen molar-refractivity contribution >= 4 is 17.5 Å². The van der Waals surface area contributed by atoms with E-state index in [2.05, 4.69) is 61.3 Å². The number of nitrogens with one attached hydrogen (secondary N) is 1. The zero-order valence-electron chi connectivity index (χ0n) is 17.2. The molecule has 1 fully saturated rings. The monoisotopic (exact) mass is 398 g/mol. The summed E-state index contributed by atoms with van der Waals surface area (Å²) in [6.45, 7) is 9.23. The van der Waals surface area contributed by atoms with Gasteiger partial charge in [0.05, 0.1) is 6.04 Å². The second-order valence-electron chi connectivity index (χ2n) is 7.99. The van der Waals surface area contributed by atoms with Crippen molar-refractivity contribution in [2.24, 2.45) is 5.92 Å². The Kier molecular flexibility index (Phi) is 7.14. The number of hydrogen-bond acceptors (Lipinski definition) is 2. The maximum Gasteiger partial charge on any atom is 0.223 e. The topological polar surface area (TPSA) is 32.3 Å². The Hall–Kier alpha value is -1.84. The third-order valence-corrected chi connectivity index (χ3v) is 6.19. The number of amides is 1. The molecule has 1 aliphatic heterocycles. The maximum absolute atomic E-state index is 12.9. The van der Waals surface area contributed by atoms with E-state index in [0.717, 1.165) is 43.9 Å². The van der Waals surface area contributed by atoms with Gasteiger partial charge in [-0.2, -0.15) is 0 Å². The van der Waals surface area contributed by atoms with Crippen LogP contribution in [0, 0.1) is 19.8 Å². The molecule has 150 valence electrons. The molecule has 0 spiro atoms. The highest BCUT2D eigenvalue weighted by Gasteiger charge is 2.26. The molecule has 1 atom stereocenters. The van der Waals surface area contributed by atoms with E-state index in [0.29, 0.717) is 0 Å². The molecule has 0 bridgehead atoms. The van der Waals surface area contributed by atoms with Crippen LogP contribution in [0.5, 0.6) is 0 Å². The average molecular weight is 399 g/mol. The predicted molar refractivity (Wildman–Crippen MR) is 117 cm³/mol. The van der Waals surface area contributed by atoms with Crippen molar-refractivity contribution in [3.8, 4) is 0 Å². The predicted octanol–water partition coefficient (Wildman–Crippen LogP) is 5.44. The van der Waals surface area contributed by atoms with E-state index in [1.54, 1.807) is 0 Å². The van der Waals surface area contributed by atoms with Gasteiger partial charge >= 0.3 is 0 Å². The van der Waals surface area contributed by atoms with Gasteiger partial charge in [-0.1, -0.05) is 48.9 Å². The van der Waals surface area contributed by atoms with Crippen molar-refractivity contribution in [1.82, 2.24) is 10.2 Å². The number of halogens is 1. The Labute approximate surface area is 174 Å². The molecule has 0 aromatic heterocycles. The Bertz CT molecular complexity index is 795. The molecule has 1 saturated heterocycles. The molecule has 2 aromatic rings. The Balaban J connectivity index is 1.52. The lowest BCUT2D eigenvalue weighted by atomic mass is 9.94. The fraction of sp³-hybridized carbons (Fsp3) is 0.458. The standard InChI is InChI=1S/C24H31ClN2O/c1-4-23(21-8-5-17(2)18(3)15-21)26-24(28)20-11-13-27(14-12-20)16-19-6-9-22(25)10-7-19/h5-10,15,20,23H,4,11-14,16H2,1-3H3,(H,26,28). The number of nitrogens with zero attached hydrogens (tertiary/aromatic N) is 1. The summed E-state index contributed by atoms with van der Waals surface area (Å²) in [5.41, 5.74) is 5.05. The van der Waals surface area contributed by atoms with Gasteiger partial charge in [0.25, 0.3) is 0 Å². The Morgan fingerprint density at radius 2 is 1.79 bits per heavy atom. The minimum absolute atomic E-state index is 0.0962. The quantitative estimate of drug-likeness (QED) is 0.702. The lowest BCUT2D eigenvalue weighted by Gasteiger charge is -2.32. The van der Waals surface area contributed by atoms with Crippen molar-refractivity contribution in [2.75, 3.05) is 13.1 Å².